The Hall–Kier alpha value is -3.07. The molecule has 6 nitrogen and oxygen atoms in total. The molecular formula is C28H29NO5S2. The van der Waals surface area contributed by atoms with Gasteiger partial charge in [0, 0.05) is 28.9 Å². The number of carbonyl (C=O) groups is 1. The van der Waals surface area contributed by atoms with Gasteiger partial charge in [-0.1, -0.05) is 42.5 Å². The Morgan fingerprint density at radius 3 is 2.39 bits per heavy atom. The van der Waals surface area contributed by atoms with Crippen molar-refractivity contribution in [2.45, 2.75) is 36.6 Å². The van der Waals surface area contributed by atoms with E-state index in [1.54, 1.807) is 37.7 Å². The van der Waals surface area contributed by atoms with Crippen LogP contribution in [0.1, 0.15) is 34.2 Å². The average Bonchev–Trinajstić information content (AvgIpc) is 3.23. The van der Waals surface area contributed by atoms with Crippen LogP contribution in [-0.4, -0.2) is 38.1 Å². The lowest BCUT2D eigenvalue weighted by atomic mass is 10.1. The summed E-state index contributed by atoms with van der Waals surface area (Å²) in [5, 5.41) is 0.575. The van der Waals surface area contributed by atoms with Crippen LogP contribution in [0.4, 0.5) is 0 Å². The minimum Gasteiger partial charge on any atom is -0.460 e. The molecule has 0 atom stereocenters. The van der Waals surface area contributed by atoms with Gasteiger partial charge in [0.15, 0.2) is 0 Å². The lowest BCUT2D eigenvalue weighted by Gasteiger charge is -2.23. The molecule has 1 aromatic heterocycles. The van der Waals surface area contributed by atoms with E-state index in [-0.39, 0.29) is 23.8 Å². The molecule has 0 saturated heterocycles. The van der Waals surface area contributed by atoms with Crippen molar-refractivity contribution in [2.75, 3.05) is 19.4 Å². The highest BCUT2D eigenvalue weighted by Crippen LogP contribution is 2.30. The average molecular weight is 524 g/mol. The SMILES string of the molecule is CCOC(=O)c1oc2ccc(S(=O)(=O)N(CCc3ccccc3)Cc3ccc(SC)cc3)cc2c1C. The summed E-state index contributed by atoms with van der Waals surface area (Å²) in [6.45, 7) is 4.25. The Morgan fingerprint density at radius 2 is 1.72 bits per heavy atom. The molecule has 0 amide bonds. The van der Waals surface area contributed by atoms with Gasteiger partial charge in [-0.2, -0.15) is 4.31 Å². The number of fused-ring (bicyclic) bond motifs is 1. The summed E-state index contributed by atoms with van der Waals surface area (Å²) < 4.78 is 40.0. The molecule has 1 heterocycles. The molecule has 36 heavy (non-hydrogen) atoms. The van der Waals surface area contributed by atoms with E-state index in [1.165, 1.54) is 10.4 Å². The highest BCUT2D eigenvalue weighted by atomic mass is 32.2. The molecule has 0 aliphatic carbocycles. The van der Waals surface area contributed by atoms with Gasteiger partial charge >= 0.3 is 5.97 Å². The van der Waals surface area contributed by atoms with E-state index in [2.05, 4.69) is 0 Å². The van der Waals surface area contributed by atoms with Gasteiger partial charge in [0.25, 0.3) is 0 Å². The van der Waals surface area contributed by atoms with Gasteiger partial charge < -0.3 is 9.15 Å². The van der Waals surface area contributed by atoms with Crippen molar-refractivity contribution in [1.82, 2.24) is 4.31 Å². The largest absolute Gasteiger partial charge is 0.460 e. The Labute approximate surface area is 216 Å². The summed E-state index contributed by atoms with van der Waals surface area (Å²) in [5.41, 5.74) is 2.98. The number of sulfonamides is 1. The lowest BCUT2D eigenvalue weighted by Crippen LogP contribution is -2.32. The second-order valence-corrected chi connectivity index (χ2v) is 11.2. The highest BCUT2D eigenvalue weighted by molar-refractivity contribution is 7.98. The quantitative estimate of drug-likeness (QED) is 0.185. The van der Waals surface area contributed by atoms with Crippen molar-refractivity contribution >= 4 is 38.7 Å². The second kappa shape index (κ2) is 11.3. The molecule has 0 spiro atoms. The second-order valence-electron chi connectivity index (χ2n) is 8.36. The maximum absolute atomic E-state index is 13.9. The van der Waals surface area contributed by atoms with Crippen LogP contribution < -0.4 is 0 Å². The third-order valence-corrected chi connectivity index (χ3v) is 8.60. The molecule has 4 aromatic rings. The number of benzene rings is 3. The third kappa shape index (κ3) is 5.67. The molecule has 3 aromatic carbocycles. The van der Waals surface area contributed by atoms with Gasteiger partial charge in [-0.05, 0) is 68.0 Å². The van der Waals surface area contributed by atoms with E-state index in [0.29, 0.717) is 29.5 Å². The first kappa shape index (κ1) is 26.0. The van der Waals surface area contributed by atoms with Gasteiger partial charge in [-0.3, -0.25) is 0 Å². The summed E-state index contributed by atoms with van der Waals surface area (Å²) in [4.78, 5) is 13.5. The first-order chi connectivity index (χ1) is 17.3. The number of nitrogens with zero attached hydrogens (tertiary/aromatic N) is 1. The summed E-state index contributed by atoms with van der Waals surface area (Å²) in [6.07, 6.45) is 2.59. The fourth-order valence-corrected chi connectivity index (χ4v) is 5.88. The van der Waals surface area contributed by atoms with Crippen LogP contribution in [0.5, 0.6) is 0 Å². The molecule has 0 saturated carbocycles. The smallest absolute Gasteiger partial charge is 0.374 e. The van der Waals surface area contributed by atoms with Crippen molar-refractivity contribution in [3.05, 3.63) is 95.2 Å². The van der Waals surface area contributed by atoms with Crippen LogP contribution in [0.3, 0.4) is 0 Å². The molecule has 0 unspecified atom stereocenters. The van der Waals surface area contributed by atoms with E-state index in [1.807, 2.05) is 60.9 Å². The van der Waals surface area contributed by atoms with Crippen LogP contribution in [0.25, 0.3) is 11.0 Å². The van der Waals surface area contributed by atoms with Crippen LogP contribution in [0.2, 0.25) is 0 Å². The monoisotopic (exact) mass is 523 g/mol. The van der Waals surface area contributed by atoms with Gasteiger partial charge in [-0.15, -0.1) is 11.8 Å². The number of furan rings is 1. The molecule has 0 radical (unpaired) electrons. The lowest BCUT2D eigenvalue weighted by molar-refractivity contribution is 0.0491. The Bertz CT molecular complexity index is 1440. The zero-order valence-electron chi connectivity index (χ0n) is 20.6. The topological polar surface area (TPSA) is 76.8 Å². The molecule has 8 heteroatoms. The van der Waals surface area contributed by atoms with E-state index in [4.69, 9.17) is 9.15 Å². The molecule has 0 N–H and O–H groups in total. The zero-order chi connectivity index (χ0) is 25.7. The first-order valence-electron chi connectivity index (χ1n) is 11.7. The van der Waals surface area contributed by atoms with Crippen molar-refractivity contribution in [3.63, 3.8) is 0 Å². The van der Waals surface area contributed by atoms with Gasteiger partial charge in [0.1, 0.15) is 5.58 Å². The number of rotatable bonds is 10. The molecule has 0 bridgehead atoms. The molecule has 0 aliphatic heterocycles. The molecule has 0 fully saturated rings. The Balaban J connectivity index is 1.69. The Kier molecular flexibility index (Phi) is 8.18. The molecule has 4 rings (SSSR count). The number of hydrogen-bond donors (Lipinski definition) is 0. The molecule has 0 aliphatic rings. The third-order valence-electron chi connectivity index (χ3n) is 6.02. The summed E-state index contributed by atoms with van der Waals surface area (Å²) in [6, 6.07) is 22.5. The normalized spacial score (nSPS) is 11.8. The van der Waals surface area contributed by atoms with Crippen LogP contribution in [0, 0.1) is 6.92 Å². The van der Waals surface area contributed by atoms with Gasteiger partial charge in [0.05, 0.1) is 11.5 Å². The first-order valence-corrected chi connectivity index (χ1v) is 14.4. The molecule has 188 valence electrons. The van der Waals surface area contributed by atoms with E-state index in [9.17, 15) is 13.2 Å². The maximum atomic E-state index is 13.9. The van der Waals surface area contributed by atoms with E-state index in [0.717, 1.165) is 16.0 Å². The summed E-state index contributed by atoms with van der Waals surface area (Å²) in [7, 11) is -3.84. The number of thioether (sulfide) groups is 1. The van der Waals surface area contributed by atoms with Crippen molar-refractivity contribution in [1.29, 1.82) is 0 Å². The van der Waals surface area contributed by atoms with Crippen LogP contribution in [-0.2, 0) is 27.7 Å². The predicted octanol–water partition coefficient (Wildman–Crippen LogP) is 6.07. The van der Waals surface area contributed by atoms with Gasteiger partial charge in [-0.25, -0.2) is 13.2 Å². The fraction of sp³-hybridized carbons (Fsp3) is 0.250. The van der Waals surface area contributed by atoms with Crippen LogP contribution >= 0.6 is 11.8 Å². The van der Waals surface area contributed by atoms with Crippen LogP contribution in [0.15, 0.2) is 87.0 Å². The number of carbonyl (C=O) groups excluding carboxylic acids is 1. The predicted molar refractivity (Wildman–Crippen MR) is 143 cm³/mol. The number of ether oxygens (including phenoxy) is 1. The minimum absolute atomic E-state index is 0.0937. The van der Waals surface area contributed by atoms with Gasteiger partial charge in [0.2, 0.25) is 15.8 Å². The van der Waals surface area contributed by atoms with Crippen molar-refractivity contribution < 1.29 is 22.4 Å². The number of esters is 1. The molecular weight excluding hydrogens is 494 g/mol. The number of aryl methyl sites for hydroxylation is 1. The summed E-state index contributed by atoms with van der Waals surface area (Å²) >= 11 is 1.64. The zero-order valence-corrected chi connectivity index (χ0v) is 22.2. The van der Waals surface area contributed by atoms with E-state index >= 15 is 0 Å². The van der Waals surface area contributed by atoms with Crippen molar-refractivity contribution in [3.8, 4) is 0 Å². The Morgan fingerprint density at radius 1 is 1.00 bits per heavy atom. The standard InChI is InChI=1S/C28H29NO5S2/c1-4-33-28(30)27-20(2)25-18-24(14-15-26(25)34-27)36(31,32)29(17-16-21-8-6-5-7-9-21)19-22-10-12-23(35-3)13-11-22/h5-15,18H,4,16-17,19H2,1-3H3. The van der Waals surface area contributed by atoms with E-state index < -0.39 is 16.0 Å². The number of hydrogen-bond acceptors (Lipinski definition) is 6. The fourth-order valence-electron chi connectivity index (χ4n) is 4.02. The summed E-state index contributed by atoms with van der Waals surface area (Å²) in [5.74, 6) is -0.468. The maximum Gasteiger partial charge on any atom is 0.374 e. The highest BCUT2D eigenvalue weighted by Gasteiger charge is 2.27. The van der Waals surface area contributed by atoms with Crippen molar-refractivity contribution in [2.24, 2.45) is 0 Å². The minimum atomic E-state index is -3.84.